The predicted octanol–water partition coefficient (Wildman–Crippen LogP) is 3.08. The van der Waals surface area contributed by atoms with Gasteiger partial charge in [0, 0.05) is 0 Å². The standard InChI is InChI=1S/C14H20O2/c1-14(2,3)13(15)12(16-4)10-11-8-6-5-7-9-11/h5-10,13,15H,1-4H3/b12-10-. The summed E-state index contributed by atoms with van der Waals surface area (Å²) in [6.07, 6.45) is 1.27. The fraction of sp³-hybridized carbons (Fsp3) is 0.429. The minimum Gasteiger partial charge on any atom is -0.498 e. The lowest BCUT2D eigenvalue weighted by atomic mass is 9.87. The Labute approximate surface area is 97.6 Å². The van der Waals surface area contributed by atoms with E-state index in [0.717, 1.165) is 5.56 Å². The van der Waals surface area contributed by atoms with Crippen molar-refractivity contribution >= 4 is 6.08 Å². The molecule has 0 aliphatic heterocycles. The van der Waals surface area contributed by atoms with E-state index < -0.39 is 6.10 Å². The van der Waals surface area contributed by atoms with Crippen molar-refractivity contribution in [1.29, 1.82) is 0 Å². The fourth-order valence-electron chi connectivity index (χ4n) is 1.39. The van der Waals surface area contributed by atoms with Gasteiger partial charge in [0.15, 0.2) is 0 Å². The molecule has 0 spiro atoms. The molecule has 0 bridgehead atoms. The molecule has 0 radical (unpaired) electrons. The minimum atomic E-state index is -0.599. The second kappa shape index (κ2) is 5.17. The maximum absolute atomic E-state index is 10.1. The lowest BCUT2D eigenvalue weighted by Crippen LogP contribution is -2.28. The first-order chi connectivity index (χ1) is 7.45. The van der Waals surface area contributed by atoms with Gasteiger partial charge >= 0.3 is 0 Å². The van der Waals surface area contributed by atoms with Gasteiger partial charge in [-0.3, -0.25) is 0 Å². The van der Waals surface area contributed by atoms with Gasteiger partial charge in [-0.25, -0.2) is 0 Å². The van der Waals surface area contributed by atoms with Gasteiger partial charge in [-0.1, -0.05) is 51.1 Å². The summed E-state index contributed by atoms with van der Waals surface area (Å²) in [6.45, 7) is 5.94. The number of hydrogen-bond acceptors (Lipinski definition) is 2. The predicted molar refractivity (Wildman–Crippen MR) is 66.9 cm³/mol. The fourth-order valence-corrected chi connectivity index (χ4v) is 1.39. The zero-order valence-corrected chi connectivity index (χ0v) is 10.4. The van der Waals surface area contributed by atoms with Crippen LogP contribution in [0.3, 0.4) is 0 Å². The van der Waals surface area contributed by atoms with Gasteiger partial charge in [0.1, 0.15) is 11.9 Å². The van der Waals surface area contributed by atoms with Crippen LogP contribution in [0.1, 0.15) is 26.3 Å². The maximum atomic E-state index is 10.1. The molecule has 0 amide bonds. The normalized spacial score (nSPS) is 14.7. The average molecular weight is 220 g/mol. The van der Waals surface area contributed by atoms with Gasteiger partial charge in [-0.15, -0.1) is 0 Å². The monoisotopic (exact) mass is 220 g/mol. The molecule has 1 unspecified atom stereocenters. The summed E-state index contributed by atoms with van der Waals surface area (Å²) in [4.78, 5) is 0. The van der Waals surface area contributed by atoms with E-state index >= 15 is 0 Å². The van der Waals surface area contributed by atoms with Crippen LogP contribution in [0.25, 0.3) is 6.08 Å². The van der Waals surface area contributed by atoms with Crippen LogP contribution in [0, 0.1) is 5.41 Å². The smallest absolute Gasteiger partial charge is 0.125 e. The summed E-state index contributed by atoms with van der Waals surface area (Å²) in [5.74, 6) is 0.596. The molecule has 88 valence electrons. The molecule has 2 nitrogen and oxygen atoms in total. The summed E-state index contributed by atoms with van der Waals surface area (Å²) in [5, 5.41) is 10.1. The SMILES string of the molecule is CO/C(=C\c1ccccc1)C(O)C(C)(C)C. The van der Waals surface area contributed by atoms with Crippen LogP contribution in [0.15, 0.2) is 36.1 Å². The first kappa shape index (κ1) is 12.8. The number of methoxy groups -OCH3 is 1. The van der Waals surface area contributed by atoms with E-state index in [0.29, 0.717) is 5.76 Å². The lowest BCUT2D eigenvalue weighted by Gasteiger charge is -2.27. The molecule has 0 fully saturated rings. The highest BCUT2D eigenvalue weighted by atomic mass is 16.5. The van der Waals surface area contributed by atoms with Crippen molar-refractivity contribution in [3.05, 3.63) is 41.7 Å². The molecule has 0 aromatic heterocycles. The topological polar surface area (TPSA) is 29.5 Å². The van der Waals surface area contributed by atoms with Crippen LogP contribution < -0.4 is 0 Å². The second-order valence-electron chi connectivity index (χ2n) is 4.93. The van der Waals surface area contributed by atoms with Crippen LogP contribution in [0.5, 0.6) is 0 Å². The highest BCUT2D eigenvalue weighted by Crippen LogP contribution is 2.26. The molecule has 1 atom stereocenters. The van der Waals surface area contributed by atoms with Crippen molar-refractivity contribution in [2.75, 3.05) is 7.11 Å². The molecular weight excluding hydrogens is 200 g/mol. The molecule has 0 heterocycles. The zero-order chi connectivity index (χ0) is 12.2. The molecule has 1 rings (SSSR count). The highest BCUT2D eigenvalue weighted by molar-refractivity contribution is 5.52. The van der Waals surface area contributed by atoms with Crippen molar-refractivity contribution in [3.63, 3.8) is 0 Å². The molecule has 1 aromatic carbocycles. The average Bonchev–Trinajstić information content (AvgIpc) is 2.25. The Bertz CT molecular complexity index is 347. The number of aliphatic hydroxyl groups is 1. The van der Waals surface area contributed by atoms with E-state index in [1.807, 2.05) is 57.2 Å². The summed E-state index contributed by atoms with van der Waals surface area (Å²) in [6, 6.07) is 9.85. The number of aliphatic hydroxyl groups excluding tert-OH is 1. The van der Waals surface area contributed by atoms with E-state index in [1.165, 1.54) is 0 Å². The van der Waals surface area contributed by atoms with Gasteiger partial charge in [-0.05, 0) is 17.1 Å². The van der Waals surface area contributed by atoms with E-state index in [4.69, 9.17) is 4.74 Å². The van der Waals surface area contributed by atoms with E-state index in [2.05, 4.69) is 0 Å². The molecule has 0 aliphatic carbocycles. The molecule has 0 saturated carbocycles. The summed E-state index contributed by atoms with van der Waals surface area (Å²) in [5.41, 5.74) is 0.805. The third kappa shape index (κ3) is 3.38. The first-order valence-electron chi connectivity index (χ1n) is 5.44. The summed E-state index contributed by atoms with van der Waals surface area (Å²) in [7, 11) is 1.59. The van der Waals surface area contributed by atoms with Crippen LogP contribution >= 0.6 is 0 Å². The largest absolute Gasteiger partial charge is 0.498 e. The van der Waals surface area contributed by atoms with Crippen molar-refractivity contribution in [2.24, 2.45) is 5.41 Å². The Morgan fingerprint density at radius 3 is 2.25 bits per heavy atom. The van der Waals surface area contributed by atoms with E-state index in [-0.39, 0.29) is 5.41 Å². The lowest BCUT2D eigenvalue weighted by molar-refractivity contribution is 0.0468. The Balaban J connectivity index is 2.95. The van der Waals surface area contributed by atoms with Crippen LogP contribution in [-0.4, -0.2) is 18.3 Å². The Morgan fingerprint density at radius 2 is 1.81 bits per heavy atom. The van der Waals surface area contributed by atoms with Gasteiger partial charge < -0.3 is 9.84 Å². The summed E-state index contributed by atoms with van der Waals surface area (Å²) >= 11 is 0. The van der Waals surface area contributed by atoms with Crippen molar-refractivity contribution in [3.8, 4) is 0 Å². The number of ether oxygens (including phenoxy) is 1. The molecular formula is C14H20O2. The Morgan fingerprint density at radius 1 is 1.25 bits per heavy atom. The third-order valence-electron chi connectivity index (χ3n) is 2.43. The van der Waals surface area contributed by atoms with Gasteiger partial charge in [-0.2, -0.15) is 0 Å². The third-order valence-corrected chi connectivity index (χ3v) is 2.43. The molecule has 2 heteroatoms. The summed E-state index contributed by atoms with van der Waals surface area (Å²) < 4.78 is 5.25. The van der Waals surface area contributed by atoms with Gasteiger partial charge in [0.05, 0.1) is 7.11 Å². The van der Waals surface area contributed by atoms with Gasteiger partial charge in [0.25, 0.3) is 0 Å². The quantitative estimate of drug-likeness (QED) is 0.793. The highest BCUT2D eigenvalue weighted by Gasteiger charge is 2.26. The van der Waals surface area contributed by atoms with E-state index in [1.54, 1.807) is 7.11 Å². The Hall–Kier alpha value is -1.28. The van der Waals surface area contributed by atoms with E-state index in [9.17, 15) is 5.11 Å². The van der Waals surface area contributed by atoms with Crippen molar-refractivity contribution in [2.45, 2.75) is 26.9 Å². The maximum Gasteiger partial charge on any atom is 0.125 e. The number of hydrogen-bond donors (Lipinski definition) is 1. The molecule has 0 saturated heterocycles. The molecule has 0 aliphatic rings. The number of benzene rings is 1. The first-order valence-corrected chi connectivity index (χ1v) is 5.44. The van der Waals surface area contributed by atoms with Crippen molar-refractivity contribution in [1.82, 2.24) is 0 Å². The zero-order valence-electron chi connectivity index (χ0n) is 10.4. The minimum absolute atomic E-state index is 0.226. The molecule has 16 heavy (non-hydrogen) atoms. The Kier molecular flexibility index (Phi) is 4.13. The van der Waals surface area contributed by atoms with Gasteiger partial charge in [0.2, 0.25) is 0 Å². The van der Waals surface area contributed by atoms with Crippen LogP contribution in [-0.2, 0) is 4.74 Å². The molecule has 1 N–H and O–H groups in total. The van der Waals surface area contributed by atoms with Crippen LogP contribution in [0.2, 0.25) is 0 Å². The second-order valence-corrected chi connectivity index (χ2v) is 4.93. The van der Waals surface area contributed by atoms with Crippen molar-refractivity contribution < 1.29 is 9.84 Å². The number of rotatable bonds is 3. The molecule has 1 aromatic rings. The van der Waals surface area contributed by atoms with Crippen LogP contribution in [0.4, 0.5) is 0 Å².